The van der Waals surface area contributed by atoms with Crippen LogP contribution in [-0.2, 0) is 10.0 Å². The van der Waals surface area contributed by atoms with Crippen molar-refractivity contribution >= 4 is 20.8 Å². The second-order valence-corrected chi connectivity index (χ2v) is 8.22. The second-order valence-electron chi connectivity index (χ2n) is 6.32. The second kappa shape index (κ2) is 7.19. The van der Waals surface area contributed by atoms with Crippen LogP contribution in [0.15, 0.2) is 47.4 Å². The number of fused-ring (bicyclic) bond motifs is 1. The summed E-state index contributed by atoms with van der Waals surface area (Å²) in [6.45, 7) is 1.80. The first kappa shape index (κ1) is 17.4. The molecule has 0 atom stereocenters. The first-order valence-corrected chi connectivity index (χ1v) is 9.77. The summed E-state index contributed by atoms with van der Waals surface area (Å²) in [6, 6.07) is 13.4. The summed E-state index contributed by atoms with van der Waals surface area (Å²) in [4.78, 5) is 2.50. The zero-order chi connectivity index (χ0) is 17.2. The van der Waals surface area contributed by atoms with Crippen LogP contribution in [0.25, 0.3) is 10.8 Å². The molecule has 2 aromatic carbocycles. The van der Waals surface area contributed by atoms with Gasteiger partial charge in [-0.15, -0.1) is 0 Å². The standard InChI is InChI=1S/C18H24N2O3S/c1-19(13-14-21)16-9-11-20(12-10-16)24(22,23)18-8-4-6-15-5-2-3-7-17(15)18/h2-8,16,21H,9-14H2,1H3. The number of aliphatic hydroxyl groups excluding tert-OH is 1. The average Bonchev–Trinajstić information content (AvgIpc) is 2.61. The van der Waals surface area contributed by atoms with Crippen LogP contribution in [0.2, 0.25) is 0 Å². The molecule has 130 valence electrons. The first-order valence-electron chi connectivity index (χ1n) is 8.33. The first-order chi connectivity index (χ1) is 11.5. The van der Waals surface area contributed by atoms with Gasteiger partial charge in [0.2, 0.25) is 10.0 Å². The molecule has 1 aliphatic heterocycles. The molecule has 0 saturated carbocycles. The maximum Gasteiger partial charge on any atom is 0.243 e. The molecule has 6 heteroatoms. The fourth-order valence-electron chi connectivity index (χ4n) is 3.42. The van der Waals surface area contributed by atoms with Crippen molar-refractivity contribution in [2.45, 2.75) is 23.8 Å². The van der Waals surface area contributed by atoms with E-state index in [9.17, 15) is 8.42 Å². The molecule has 1 N–H and O–H groups in total. The van der Waals surface area contributed by atoms with Gasteiger partial charge in [0.25, 0.3) is 0 Å². The summed E-state index contributed by atoms with van der Waals surface area (Å²) in [5.74, 6) is 0. The summed E-state index contributed by atoms with van der Waals surface area (Å²) in [5, 5.41) is 10.8. The molecule has 1 saturated heterocycles. The number of aliphatic hydroxyl groups is 1. The molecule has 1 aliphatic rings. The topological polar surface area (TPSA) is 60.9 Å². The Bertz CT molecular complexity index is 794. The third kappa shape index (κ3) is 3.32. The van der Waals surface area contributed by atoms with Gasteiger partial charge in [-0.2, -0.15) is 4.31 Å². The van der Waals surface area contributed by atoms with E-state index in [1.165, 1.54) is 0 Å². The van der Waals surface area contributed by atoms with E-state index in [2.05, 4.69) is 4.90 Å². The summed E-state index contributed by atoms with van der Waals surface area (Å²) in [7, 11) is -1.50. The smallest absolute Gasteiger partial charge is 0.243 e. The van der Waals surface area contributed by atoms with Gasteiger partial charge in [-0.3, -0.25) is 0 Å². The molecule has 3 rings (SSSR count). The van der Waals surface area contributed by atoms with Crippen molar-refractivity contribution in [1.29, 1.82) is 0 Å². The Hall–Kier alpha value is -1.47. The SMILES string of the molecule is CN(CCO)C1CCN(S(=O)(=O)c2cccc3ccccc23)CC1. The Morgan fingerprint density at radius 1 is 1.12 bits per heavy atom. The highest BCUT2D eigenvalue weighted by atomic mass is 32.2. The number of sulfonamides is 1. The molecular weight excluding hydrogens is 324 g/mol. The van der Waals surface area contributed by atoms with Gasteiger partial charge in [-0.25, -0.2) is 8.42 Å². The quantitative estimate of drug-likeness (QED) is 0.897. The third-order valence-electron chi connectivity index (χ3n) is 4.87. The number of likely N-dealkylation sites (N-methyl/N-ethyl adjacent to an activating group) is 1. The Kier molecular flexibility index (Phi) is 5.20. The largest absolute Gasteiger partial charge is 0.395 e. The Balaban J connectivity index is 1.82. The minimum absolute atomic E-state index is 0.130. The molecule has 0 bridgehead atoms. The maximum absolute atomic E-state index is 13.1. The fraction of sp³-hybridized carbons (Fsp3) is 0.444. The number of hydrogen-bond acceptors (Lipinski definition) is 4. The van der Waals surface area contributed by atoms with Crippen molar-refractivity contribution in [3.8, 4) is 0 Å². The van der Waals surface area contributed by atoms with Gasteiger partial charge in [-0.1, -0.05) is 36.4 Å². The lowest BCUT2D eigenvalue weighted by molar-refractivity contribution is 0.139. The van der Waals surface area contributed by atoms with E-state index in [0.29, 0.717) is 30.6 Å². The highest BCUT2D eigenvalue weighted by Gasteiger charge is 2.31. The van der Waals surface area contributed by atoms with Crippen LogP contribution >= 0.6 is 0 Å². The zero-order valence-corrected chi connectivity index (χ0v) is 14.7. The lowest BCUT2D eigenvalue weighted by Crippen LogP contribution is -2.46. The van der Waals surface area contributed by atoms with Crippen LogP contribution < -0.4 is 0 Å². The summed E-state index contributed by atoms with van der Waals surface area (Å²) in [5.41, 5.74) is 0. The lowest BCUT2D eigenvalue weighted by atomic mass is 10.1. The predicted molar refractivity (Wildman–Crippen MR) is 95.4 cm³/mol. The highest BCUT2D eigenvalue weighted by Crippen LogP contribution is 2.28. The zero-order valence-electron chi connectivity index (χ0n) is 13.9. The van der Waals surface area contributed by atoms with Crippen LogP contribution in [0.4, 0.5) is 0 Å². The molecule has 1 heterocycles. The highest BCUT2D eigenvalue weighted by molar-refractivity contribution is 7.89. The molecule has 2 aromatic rings. The summed E-state index contributed by atoms with van der Waals surface area (Å²) >= 11 is 0. The fourth-order valence-corrected chi connectivity index (χ4v) is 5.11. The monoisotopic (exact) mass is 348 g/mol. The number of piperidine rings is 1. The minimum Gasteiger partial charge on any atom is -0.395 e. The average molecular weight is 348 g/mol. The Morgan fingerprint density at radius 2 is 1.79 bits per heavy atom. The molecule has 5 nitrogen and oxygen atoms in total. The number of hydrogen-bond donors (Lipinski definition) is 1. The minimum atomic E-state index is -3.48. The summed E-state index contributed by atoms with van der Waals surface area (Å²) in [6.07, 6.45) is 1.58. The van der Waals surface area contributed by atoms with E-state index in [-0.39, 0.29) is 6.61 Å². The van der Waals surface area contributed by atoms with E-state index in [1.54, 1.807) is 16.4 Å². The van der Waals surface area contributed by atoms with Gasteiger partial charge >= 0.3 is 0 Å². The molecule has 24 heavy (non-hydrogen) atoms. The van der Waals surface area contributed by atoms with Crippen molar-refractivity contribution in [2.24, 2.45) is 0 Å². The normalized spacial score (nSPS) is 17.6. The van der Waals surface area contributed by atoms with Crippen LogP contribution in [0.3, 0.4) is 0 Å². The summed E-state index contributed by atoms with van der Waals surface area (Å²) < 4.78 is 27.7. The lowest BCUT2D eigenvalue weighted by Gasteiger charge is -2.36. The van der Waals surface area contributed by atoms with Crippen LogP contribution in [0, 0.1) is 0 Å². The Morgan fingerprint density at radius 3 is 2.50 bits per heavy atom. The van der Waals surface area contributed by atoms with Gasteiger partial charge in [0, 0.05) is 31.1 Å². The third-order valence-corrected chi connectivity index (χ3v) is 6.82. The van der Waals surface area contributed by atoms with Crippen molar-refractivity contribution < 1.29 is 13.5 Å². The number of benzene rings is 2. The van der Waals surface area contributed by atoms with Crippen molar-refractivity contribution in [1.82, 2.24) is 9.21 Å². The van der Waals surface area contributed by atoms with Crippen molar-refractivity contribution in [3.63, 3.8) is 0 Å². The molecule has 0 spiro atoms. The van der Waals surface area contributed by atoms with E-state index in [1.807, 2.05) is 37.4 Å². The van der Waals surface area contributed by atoms with Gasteiger partial charge < -0.3 is 10.0 Å². The van der Waals surface area contributed by atoms with E-state index < -0.39 is 10.0 Å². The molecular formula is C18H24N2O3S. The van der Waals surface area contributed by atoms with Crippen molar-refractivity contribution in [3.05, 3.63) is 42.5 Å². The van der Waals surface area contributed by atoms with Gasteiger partial charge in [-0.05, 0) is 31.3 Å². The molecule has 0 amide bonds. The molecule has 0 radical (unpaired) electrons. The number of rotatable bonds is 5. The number of nitrogens with zero attached hydrogens (tertiary/aromatic N) is 2. The van der Waals surface area contributed by atoms with Gasteiger partial charge in [0.1, 0.15) is 0 Å². The van der Waals surface area contributed by atoms with Crippen molar-refractivity contribution in [2.75, 3.05) is 33.3 Å². The molecule has 0 aromatic heterocycles. The predicted octanol–water partition coefficient (Wildman–Crippen LogP) is 1.92. The van der Waals surface area contributed by atoms with E-state index in [4.69, 9.17) is 5.11 Å². The van der Waals surface area contributed by atoms with E-state index >= 15 is 0 Å². The van der Waals surface area contributed by atoms with Gasteiger partial charge in [0.05, 0.1) is 11.5 Å². The Labute approximate surface area is 143 Å². The van der Waals surface area contributed by atoms with E-state index in [0.717, 1.165) is 23.6 Å². The van der Waals surface area contributed by atoms with Crippen LogP contribution in [0.1, 0.15) is 12.8 Å². The maximum atomic E-state index is 13.1. The molecule has 0 unspecified atom stereocenters. The van der Waals surface area contributed by atoms with Crippen LogP contribution in [0.5, 0.6) is 0 Å². The van der Waals surface area contributed by atoms with Gasteiger partial charge in [0.15, 0.2) is 0 Å². The molecule has 1 fully saturated rings. The molecule has 0 aliphatic carbocycles. The van der Waals surface area contributed by atoms with Crippen LogP contribution in [-0.4, -0.2) is 62.1 Å².